The van der Waals surface area contributed by atoms with Gasteiger partial charge in [0.05, 0.1) is 12.0 Å². The van der Waals surface area contributed by atoms with Gasteiger partial charge in [0.15, 0.2) is 5.16 Å². The SMILES string of the molecule is Cc1c(C(=O)O)sc2nc(S[C@@H]3CCOC3=O)[nH]c(=O)c12. The van der Waals surface area contributed by atoms with Gasteiger partial charge in [0.1, 0.15) is 15.0 Å². The molecule has 0 unspecified atom stereocenters. The summed E-state index contributed by atoms with van der Waals surface area (Å²) in [4.78, 5) is 42.0. The monoisotopic (exact) mass is 326 g/mol. The Morgan fingerprint density at radius 3 is 2.90 bits per heavy atom. The molecule has 1 aliphatic rings. The number of esters is 1. The predicted octanol–water partition coefficient (Wildman–Crippen LogP) is 1.40. The number of aryl methyl sites for hydroxylation is 1. The molecule has 9 heteroatoms. The summed E-state index contributed by atoms with van der Waals surface area (Å²) < 4.78 is 4.86. The van der Waals surface area contributed by atoms with Gasteiger partial charge in [0, 0.05) is 6.42 Å². The summed E-state index contributed by atoms with van der Waals surface area (Å²) in [7, 11) is 0. The molecule has 1 aliphatic heterocycles. The minimum absolute atomic E-state index is 0.102. The highest BCUT2D eigenvalue weighted by Gasteiger charge is 2.29. The molecular formula is C12H10N2O5S2. The average Bonchev–Trinajstić information content (AvgIpc) is 2.95. The molecular weight excluding hydrogens is 316 g/mol. The first kappa shape index (κ1) is 14.1. The lowest BCUT2D eigenvalue weighted by Crippen LogP contribution is -2.14. The van der Waals surface area contributed by atoms with Gasteiger partial charge < -0.3 is 14.8 Å². The number of nitrogens with zero attached hydrogens (tertiary/aromatic N) is 1. The molecule has 3 heterocycles. The number of aromatic carboxylic acids is 1. The normalized spacial score (nSPS) is 18.1. The molecule has 1 saturated heterocycles. The molecule has 0 saturated carbocycles. The highest BCUT2D eigenvalue weighted by Crippen LogP contribution is 2.31. The maximum Gasteiger partial charge on any atom is 0.346 e. The summed E-state index contributed by atoms with van der Waals surface area (Å²) in [6.07, 6.45) is 0.565. The maximum absolute atomic E-state index is 12.1. The van der Waals surface area contributed by atoms with Crippen molar-refractivity contribution in [3.63, 3.8) is 0 Å². The number of carboxylic acids is 1. The zero-order valence-electron chi connectivity index (χ0n) is 10.8. The van der Waals surface area contributed by atoms with Crippen molar-refractivity contribution in [1.29, 1.82) is 0 Å². The van der Waals surface area contributed by atoms with Crippen LogP contribution in [0, 0.1) is 6.92 Å². The maximum atomic E-state index is 12.1. The van der Waals surface area contributed by atoms with Crippen LogP contribution >= 0.6 is 23.1 Å². The summed E-state index contributed by atoms with van der Waals surface area (Å²) in [5.41, 5.74) is 0.0168. The summed E-state index contributed by atoms with van der Waals surface area (Å²) in [6, 6.07) is 0. The van der Waals surface area contributed by atoms with E-state index < -0.39 is 11.5 Å². The Morgan fingerprint density at radius 1 is 1.52 bits per heavy atom. The number of nitrogens with one attached hydrogen (secondary N) is 1. The number of aromatic nitrogens is 2. The van der Waals surface area contributed by atoms with Crippen molar-refractivity contribution >= 4 is 45.3 Å². The number of thiophene rings is 1. The number of rotatable bonds is 3. The molecule has 0 aliphatic carbocycles. The average molecular weight is 326 g/mol. The van der Waals surface area contributed by atoms with Crippen LogP contribution in [-0.2, 0) is 9.53 Å². The second kappa shape index (κ2) is 5.15. The fraction of sp³-hybridized carbons (Fsp3) is 0.333. The van der Waals surface area contributed by atoms with Crippen LogP contribution in [-0.4, -0.2) is 38.9 Å². The van der Waals surface area contributed by atoms with E-state index in [0.717, 1.165) is 23.1 Å². The highest BCUT2D eigenvalue weighted by atomic mass is 32.2. The Kier molecular flexibility index (Phi) is 3.46. The van der Waals surface area contributed by atoms with Crippen LogP contribution in [0.3, 0.4) is 0 Å². The van der Waals surface area contributed by atoms with Crippen molar-refractivity contribution in [2.45, 2.75) is 23.8 Å². The fourth-order valence-corrected chi connectivity index (χ4v) is 4.12. The van der Waals surface area contributed by atoms with Gasteiger partial charge in [-0.15, -0.1) is 11.3 Å². The van der Waals surface area contributed by atoms with Crippen molar-refractivity contribution < 1.29 is 19.4 Å². The Hall–Kier alpha value is -1.87. The van der Waals surface area contributed by atoms with Crippen molar-refractivity contribution in [1.82, 2.24) is 9.97 Å². The van der Waals surface area contributed by atoms with Crippen LogP contribution in [0.25, 0.3) is 10.2 Å². The van der Waals surface area contributed by atoms with Crippen LogP contribution < -0.4 is 5.56 Å². The Balaban J connectivity index is 2.05. The van der Waals surface area contributed by atoms with Crippen LogP contribution in [0.4, 0.5) is 0 Å². The van der Waals surface area contributed by atoms with E-state index in [0.29, 0.717) is 28.6 Å². The number of H-pyrrole nitrogens is 1. The molecule has 110 valence electrons. The van der Waals surface area contributed by atoms with E-state index in [2.05, 4.69) is 9.97 Å². The number of aromatic amines is 1. The van der Waals surface area contributed by atoms with Crippen molar-refractivity contribution in [3.8, 4) is 0 Å². The summed E-state index contributed by atoms with van der Waals surface area (Å²) >= 11 is 2.09. The number of cyclic esters (lactones) is 1. The van der Waals surface area contributed by atoms with E-state index >= 15 is 0 Å². The molecule has 0 radical (unpaired) electrons. The van der Waals surface area contributed by atoms with Crippen LogP contribution in [0.15, 0.2) is 9.95 Å². The van der Waals surface area contributed by atoms with Crippen molar-refractivity contribution in [2.75, 3.05) is 6.61 Å². The number of carboxylic acid groups (broad SMARTS) is 1. The molecule has 0 bridgehead atoms. The molecule has 21 heavy (non-hydrogen) atoms. The Morgan fingerprint density at radius 2 is 2.29 bits per heavy atom. The third-order valence-electron chi connectivity index (χ3n) is 3.11. The molecule has 0 spiro atoms. The van der Waals surface area contributed by atoms with Crippen molar-refractivity contribution in [3.05, 3.63) is 20.8 Å². The topological polar surface area (TPSA) is 109 Å². The van der Waals surface area contributed by atoms with E-state index in [1.54, 1.807) is 6.92 Å². The first-order valence-corrected chi connectivity index (χ1v) is 7.77. The second-order valence-electron chi connectivity index (χ2n) is 4.48. The highest BCUT2D eigenvalue weighted by molar-refractivity contribution is 8.00. The molecule has 1 atom stereocenters. The molecule has 0 aromatic carbocycles. The zero-order chi connectivity index (χ0) is 15.1. The van der Waals surface area contributed by atoms with Gasteiger partial charge in [-0.05, 0) is 12.5 Å². The molecule has 2 N–H and O–H groups in total. The van der Waals surface area contributed by atoms with E-state index in [-0.39, 0.29) is 21.5 Å². The van der Waals surface area contributed by atoms with Gasteiger partial charge in [-0.3, -0.25) is 9.59 Å². The fourth-order valence-electron chi connectivity index (χ4n) is 2.10. The Labute approximate surface area is 126 Å². The van der Waals surface area contributed by atoms with Gasteiger partial charge in [-0.2, -0.15) is 0 Å². The zero-order valence-corrected chi connectivity index (χ0v) is 12.5. The third kappa shape index (κ3) is 2.42. The number of carbonyl (C=O) groups is 2. The lowest BCUT2D eigenvalue weighted by molar-refractivity contribution is -0.137. The van der Waals surface area contributed by atoms with Crippen LogP contribution in [0.2, 0.25) is 0 Å². The minimum Gasteiger partial charge on any atom is -0.477 e. The van der Waals surface area contributed by atoms with Gasteiger partial charge in [0.25, 0.3) is 5.56 Å². The minimum atomic E-state index is -1.08. The van der Waals surface area contributed by atoms with E-state index in [1.807, 2.05) is 0 Å². The van der Waals surface area contributed by atoms with Crippen LogP contribution in [0.1, 0.15) is 21.7 Å². The standard InChI is InChI=1S/C12H10N2O5S2/c1-4-6-8(15)13-12(20-5-2-3-19-11(5)18)14-9(6)21-7(4)10(16)17/h5H,2-3H2,1H3,(H,16,17)(H,13,14,15)/t5-/m1/s1. The van der Waals surface area contributed by atoms with E-state index in [4.69, 9.17) is 9.84 Å². The van der Waals surface area contributed by atoms with E-state index in [1.165, 1.54) is 0 Å². The second-order valence-corrected chi connectivity index (χ2v) is 6.67. The lowest BCUT2D eigenvalue weighted by atomic mass is 10.2. The number of hydrogen-bond donors (Lipinski definition) is 2. The molecule has 1 fully saturated rings. The van der Waals surface area contributed by atoms with Gasteiger partial charge in [0.2, 0.25) is 0 Å². The molecule has 2 aromatic rings. The number of hydrogen-bond acceptors (Lipinski definition) is 7. The first-order valence-electron chi connectivity index (χ1n) is 6.07. The molecule has 7 nitrogen and oxygen atoms in total. The number of thioether (sulfide) groups is 1. The number of ether oxygens (including phenoxy) is 1. The summed E-state index contributed by atoms with van der Waals surface area (Å²) in [5, 5.41) is 9.30. The smallest absolute Gasteiger partial charge is 0.346 e. The largest absolute Gasteiger partial charge is 0.477 e. The van der Waals surface area contributed by atoms with Gasteiger partial charge >= 0.3 is 11.9 Å². The lowest BCUT2D eigenvalue weighted by Gasteiger charge is -2.04. The summed E-state index contributed by atoms with van der Waals surface area (Å²) in [6.45, 7) is 1.95. The number of carbonyl (C=O) groups excluding carboxylic acids is 1. The number of fused-ring (bicyclic) bond motifs is 1. The first-order chi connectivity index (χ1) is 9.97. The predicted molar refractivity (Wildman–Crippen MR) is 77.2 cm³/mol. The van der Waals surface area contributed by atoms with Crippen LogP contribution in [0.5, 0.6) is 0 Å². The van der Waals surface area contributed by atoms with E-state index in [9.17, 15) is 14.4 Å². The molecule has 0 amide bonds. The van der Waals surface area contributed by atoms with Gasteiger partial charge in [-0.25, -0.2) is 9.78 Å². The molecule has 3 rings (SSSR count). The Bertz CT molecular complexity index is 810. The quantitative estimate of drug-likeness (QED) is 0.648. The summed E-state index contributed by atoms with van der Waals surface area (Å²) in [5.74, 6) is -1.40. The van der Waals surface area contributed by atoms with Gasteiger partial charge in [-0.1, -0.05) is 11.8 Å². The third-order valence-corrected chi connectivity index (χ3v) is 5.42. The molecule has 2 aromatic heterocycles. The van der Waals surface area contributed by atoms with Crippen molar-refractivity contribution in [2.24, 2.45) is 0 Å².